The third kappa shape index (κ3) is 4.06. The fraction of sp³-hybridized carbons (Fsp3) is 0.387. The summed E-state index contributed by atoms with van der Waals surface area (Å²) in [6.07, 6.45) is -3.34. The van der Waals surface area contributed by atoms with E-state index in [0.717, 1.165) is 21.0 Å². The largest absolute Gasteiger partial charge is 0.462 e. The van der Waals surface area contributed by atoms with Crippen molar-refractivity contribution in [1.29, 1.82) is 0 Å². The van der Waals surface area contributed by atoms with Crippen molar-refractivity contribution in [2.75, 3.05) is 38.1 Å². The van der Waals surface area contributed by atoms with E-state index < -0.39 is 65.6 Å². The Balaban J connectivity index is 1.57. The van der Waals surface area contributed by atoms with Gasteiger partial charge in [0.2, 0.25) is 6.29 Å². The van der Waals surface area contributed by atoms with Crippen molar-refractivity contribution in [1.82, 2.24) is 0 Å². The van der Waals surface area contributed by atoms with Crippen LogP contribution in [0.3, 0.4) is 0 Å². The quantitative estimate of drug-likeness (QED) is 0.327. The highest BCUT2D eigenvalue weighted by molar-refractivity contribution is 8.32. The molecular weight excluding hydrogens is 565 g/mol. The second-order valence-electron chi connectivity index (χ2n) is 11.4. The summed E-state index contributed by atoms with van der Waals surface area (Å²) in [5.74, 6) is -0.404. The molecule has 0 amide bonds. The number of hydrogen-bond donors (Lipinski definition) is 4. The van der Waals surface area contributed by atoms with Crippen molar-refractivity contribution in [2.24, 2.45) is 0 Å². The molecule has 11 heteroatoms. The molecule has 9 nitrogen and oxygen atoms in total. The van der Waals surface area contributed by atoms with Gasteiger partial charge in [0.25, 0.3) is 0 Å². The lowest BCUT2D eigenvalue weighted by Crippen LogP contribution is -2.60. The maximum atomic E-state index is 14.7. The Hall–Kier alpha value is -3.19. The molecule has 6 rings (SSSR count). The van der Waals surface area contributed by atoms with Crippen LogP contribution in [0.2, 0.25) is 0 Å². The van der Waals surface area contributed by atoms with Crippen LogP contribution in [0.15, 0.2) is 64.4 Å². The number of anilines is 1. The molecule has 1 spiro atoms. The van der Waals surface area contributed by atoms with Crippen LogP contribution >= 0.6 is 10.0 Å². The van der Waals surface area contributed by atoms with E-state index in [1.165, 1.54) is 0 Å². The molecule has 1 fully saturated rings. The van der Waals surface area contributed by atoms with Gasteiger partial charge in [0.05, 0.1) is 12.2 Å². The average Bonchev–Trinajstić information content (AvgIpc) is 3.28. The van der Waals surface area contributed by atoms with E-state index in [0.29, 0.717) is 16.7 Å². The number of aliphatic hydroxyl groups excluding tert-OH is 4. The maximum Gasteiger partial charge on any atom is 0.340 e. The minimum Gasteiger partial charge on any atom is -0.462 e. The molecule has 0 bridgehead atoms. The van der Waals surface area contributed by atoms with E-state index >= 15 is 0 Å². The Morgan fingerprint density at radius 2 is 1.67 bits per heavy atom. The van der Waals surface area contributed by atoms with Crippen molar-refractivity contribution in [3.63, 3.8) is 0 Å². The van der Waals surface area contributed by atoms with Gasteiger partial charge in [0, 0.05) is 51.8 Å². The number of fused-ring (bicyclic) bond motifs is 6. The summed E-state index contributed by atoms with van der Waals surface area (Å²) in [7, 11) is 2.06. The molecule has 1 saturated heterocycles. The van der Waals surface area contributed by atoms with Gasteiger partial charge in [-0.3, -0.25) is 0 Å². The average molecular weight is 600 g/mol. The Bertz CT molecular complexity index is 1560. The first-order valence-corrected chi connectivity index (χ1v) is 16.0. The van der Waals surface area contributed by atoms with Crippen molar-refractivity contribution in [3.05, 3.63) is 82.4 Å². The third-order valence-corrected chi connectivity index (χ3v) is 11.4. The summed E-state index contributed by atoms with van der Waals surface area (Å²) in [5, 5.41) is 40.7. The number of ether oxygens (including phenoxy) is 3. The van der Waals surface area contributed by atoms with Crippen LogP contribution < -0.4 is 9.64 Å². The zero-order valence-corrected chi connectivity index (χ0v) is 24.5. The van der Waals surface area contributed by atoms with Crippen molar-refractivity contribution in [3.8, 4) is 5.75 Å². The number of halogens is 1. The van der Waals surface area contributed by atoms with Gasteiger partial charge in [-0.15, -0.1) is 0 Å². The molecule has 3 aromatic carbocycles. The van der Waals surface area contributed by atoms with Crippen molar-refractivity contribution >= 4 is 21.7 Å². The molecule has 42 heavy (non-hydrogen) atoms. The zero-order valence-electron chi connectivity index (χ0n) is 23.7. The molecule has 4 N–H and O–H groups in total. The predicted octanol–water partition coefficient (Wildman–Crippen LogP) is 2.66. The molecule has 3 aliphatic rings. The number of aliphatic hydroxyl groups is 4. The normalized spacial score (nSPS) is 29.7. The van der Waals surface area contributed by atoms with E-state index in [1.807, 2.05) is 43.3 Å². The highest BCUT2D eigenvalue weighted by Gasteiger charge is 2.55. The Kier molecular flexibility index (Phi) is 7.03. The lowest BCUT2D eigenvalue weighted by Gasteiger charge is -2.48. The molecule has 0 aromatic heterocycles. The van der Waals surface area contributed by atoms with Crippen molar-refractivity contribution in [2.45, 2.75) is 52.8 Å². The predicted molar refractivity (Wildman–Crippen MR) is 154 cm³/mol. The number of carbonyl (C=O) groups excluding carboxylic acids is 1. The van der Waals surface area contributed by atoms with Crippen LogP contribution in [0, 0.1) is 0 Å². The number of alkyl halides is 1. The third-order valence-electron chi connectivity index (χ3n) is 8.51. The van der Waals surface area contributed by atoms with E-state index in [1.54, 1.807) is 24.3 Å². The highest BCUT2D eigenvalue weighted by Crippen LogP contribution is 2.69. The fourth-order valence-corrected chi connectivity index (χ4v) is 8.76. The summed E-state index contributed by atoms with van der Waals surface area (Å²) in [4.78, 5) is 17.1. The van der Waals surface area contributed by atoms with Gasteiger partial charge < -0.3 is 39.5 Å². The Morgan fingerprint density at radius 1 is 0.952 bits per heavy atom. The molecule has 0 radical (unpaired) electrons. The van der Waals surface area contributed by atoms with Gasteiger partial charge in [0.15, 0.2) is 5.60 Å². The van der Waals surface area contributed by atoms with Crippen LogP contribution in [-0.4, -0.2) is 90.3 Å². The molecule has 3 aromatic rings. The van der Waals surface area contributed by atoms with Gasteiger partial charge in [-0.1, -0.05) is 24.3 Å². The number of rotatable bonds is 5. The van der Waals surface area contributed by atoms with Crippen LogP contribution in [0.25, 0.3) is 0 Å². The van der Waals surface area contributed by atoms with Gasteiger partial charge in [-0.25, -0.2) is 9.18 Å². The second-order valence-corrected chi connectivity index (χ2v) is 15.0. The van der Waals surface area contributed by atoms with Crippen LogP contribution in [0.4, 0.5) is 10.1 Å². The number of carbonyl (C=O) groups is 1. The molecule has 0 saturated carbocycles. The van der Waals surface area contributed by atoms with E-state index in [4.69, 9.17) is 14.2 Å². The molecule has 0 aliphatic carbocycles. The first kappa shape index (κ1) is 28.9. The Labute approximate surface area is 244 Å². The monoisotopic (exact) mass is 599 g/mol. The van der Waals surface area contributed by atoms with Gasteiger partial charge >= 0.3 is 5.97 Å². The summed E-state index contributed by atoms with van der Waals surface area (Å²) in [6, 6.07) is 16.6. The summed E-state index contributed by atoms with van der Waals surface area (Å²) >= 11 is 0. The summed E-state index contributed by atoms with van der Waals surface area (Å²) in [5.41, 5.74) is 2.29. The molecule has 224 valence electrons. The van der Waals surface area contributed by atoms with Crippen LogP contribution in [0.5, 0.6) is 5.75 Å². The standard InChI is InChI=1S/C31H34FNO8S/c1-33(2)17-9-10-20-24(12-17)42(3,4)25-13-22(39-30-28(37)27(36)26(35)23(15-34)40-30)16(14-32)11-21(25)31(20)19-8-6-5-7-18(19)29(38)41-31/h5-13,23,26-28,30,34-37H,14-15H2,1-4H3/t23-,26+,27+,28-,30-,31?/m1/s1. The van der Waals surface area contributed by atoms with Gasteiger partial charge in [0.1, 0.15) is 36.8 Å². The molecular formula is C31H34FNO8S. The minimum atomic E-state index is -1.83. The highest BCUT2D eigenvalue weighted by atomic mass is 32.3. The zero-order chi connectivity index (χ0) is 30.1. The minimum absolute atomic E-state index is 0.0705. The first-order chi connectivity index (χ1) is 19.9. The fourth-order valence-electron chi connectivity index (χ4n) is 6.19. The van der Waals surface area contributed by atoms with E-state index in [-0.39, 0.29) is 11.3 Å². The smallest absolute Gasteiger partial charge is 0.340 e. The number of nitrogens with zero attached hydrogens (tertiary/aromatic N) is 1. The molecule has 1 unspecified atom stereocenters. The number of esters is 1. The SMILES string of the molecule is CN(C)c1ccc2c(c1)S(C)(C)c1cc(O[C@@H]3O[C@H](CO)[C@H](O)[C@H](O)[C@H]3O)c(CF)cc1C21OC(=O)c2ccccc21. The first-order valence-electron chi connectivity index (χ1n) is 13.5. The van der Waals surface area contributed by atoms with Crippen LogP contribution in [-0.2, 0) is 21.7 Å². The van der Waals surface area contributed by atoms with E-state index in [9.17, 15) is 29.6 Å². The molecule has 6 atom stereocenters. The van der Waals surface area contributed by atoms with Crippen molar-refractivity contribution < 1.29 is 43.8 Å². The second kappa shape index (κ2) is 10.2. The van der Waals surface area contributed by atoms with Gasteiger partial charge in [-0.2, -0.15) is 10.0 Å². The van der Waals surface area contributed by atoms with Crippen LogP contribution in [0.1, 0.15) is 32.6 Å². The van der Waals surface area contributed by atoms with E-state index in [2.05, 4.69) is 18.6 Å². The van der Waals surface area contributed by atoms with Gasteiger partial charge in [-0.05, 0) is 42.8 Å². The number of benzene rings is 3. The number of hydrogen-bond acceptors (Lipinski definition) is 9. The molecule has 3 aliphatic heterocycles. The maximum absolute atomic E-state index is 14.7. The topological polar surface area (TPSA) is 129 Å². The lowest BCUT2D eigenvalue weighted by atomic mass is 9.78. The lowest BCUT2D eigenvalue weighted by molar-refractivity contribution is -0.277. The summed E-state index contributed by atoms with van der Waals surface area (Å²) in [6.45, 7) is -1.58. The summed E-state index contributed by atoms with van der Waals surface area (Å²) < 4.78 is 32.6. The molecule has 3 heterocycles. The Morgan fingerprint density at radius 3 is 2.36 bits per heavy atom.